The molecule has 4 rings (SSSR count). The van der Waals surface area contributed by atoms with Gasteiger partial charge in [-0.25, -0.2) is 8.42 Å². The van der Waals surface area contributed by atoms with Crippen molar-refractivity contribution in [1.29, 1.82) is 0 Å². The number of anilines is 2. The van der Waals surface area contributed by atoms with Gasteiger partial charge in [0.05, 0.1) is 36.0 Å². The Morgan fingerprint density at radius 2 is 1.82 bits per heavy atom. The van der Waals surface area contributed by atoms with Crippen LogP contribution in [0.5, 0.6) is 5.75 Å². The van der Waals surface area contributed by atoms with Crippen LogP contribution in [0, 0.1) is 0 Å². The zero-order valence-electron chi connectivity index (χ0n) is 17.9. The first-order valence-electron chi connectivity index (χ1n) is 10.3. The number of nitrogens with one attached hydrogen (secondary N) is 2. The smallest absolute Gasteiger partial charge is 0.265 e. The summed E-state index contributed by atoms with van der Waals surface area (Å²) in [5.41, 5.74) is 0.984. The summed E-state index contributed by atoms with van der Waals surface area (Å²) in [7, 11) is -3.55. The molecule has 0 saturated carbocycles. The molecule has 3 aromatic rings. The standard InChI is InChI=1S/C23H23N3O6S/c1-33(29,30)26-13-12-21(32-20-11-5-4-10-19(20)26)23(28)25-18-9-3-2-8-17(18)22(27)24-15-16-7-6-14-31-16/h2-11,14,21H,12-13,15H2,1H3,(H,24,27)(H,25,28). The molecule has 0 bridgehead atoms. The van der Waals surface area contributed by atoms with Crippen LogP contribution in [0.2, 0.25) is 0 Å². The molecule has 9 nitrogen and oxygen atoms in total. The summed E-state index contributed by atoms with van der Waals surface area (Å²) < 4.78 is 36.8. The number of rotatable bonds is 6. The highest BCUT2D eigenvalue weighted by Gasteiger charge is 2.31. The van der Waals surface area contributed by atoms with Crippen molar-refractivity contribution < 1.29 is 27.2 Å². The highest BCUT2D eigenvalue weighted by atomic mass is 32.2. The second-order valence-corrected chi connectivity index (χ2v) is 9.40. The second kappa shape index (κ2) is 9.37. The van der Waals surface area contributed by atoms with Gasteiger partial charge in [0.2, 0.25) is 10.0 Å². The molecule has 0 fully saturated rings. The predicted octanol–water partition coefficient (Wildman–Crippen LogP) is 2.77. The third kappa shape index (κ3) is 5.17. The largest absolute Gasteiger partial charge is 0.478 e. The van der Waals surface area contributed by atoms with Crippen molar-refractivity contribution in [2.75, 3.05) is 22.4 Å². The normalized spacial score (nSPS) is 15.7. The van der Waals surface area contributed by atoms with E-state index in [9.17, 15) is 18.0 Å². The van der Waals surface area contributed by atoms with E-state index in [1.54, 1.807) is 60.7 Å². The lowest BCUT2D eigenvalue weighted by Crippen LogP contribution is -2.36. The average molecular weight is 470 g/mol. The number of carbonyl (C=O) groups excluding carboxylic acids is 2. The number of sulfonamides is 1. The van der Waals surface area contributed by atoms with Crippen LogP contribution < -0.4 is 19.7 Å². The number of fused-ring (bicyclic) bond motifs is 1. The van der Waals surface area contributed by atoms with E-state index in [-0.39, 0.29) is 31.0 Å². The Morgan fingerprint density at radius 3 is 2.58 bits per heavy atom. The topological polar surface area (TPSA) is 118 Å². The van der Waals surface area contributed by atoms with Crippen LogP contribution in [0.15, 0.2) is 71.3 Å². The summed E-state index contributed by atoms with van der Waals surface area (Å²) in [6.45, 7) is 0.289. The fourth-order valence-electron chi connectivity index (χ4n) is 3.54. The van der Waals surface area contributed by atoms with E-state index in [1.165, 1.54) is 10.6 Å². The summed E-state index contributed by atoms with van der Waals surface area (Å²) in [4.78, 5) is 25.7. The number of ether oxygens (including phenoxy) is 1. The van der Waals surface area contributed by atoms with Crippen LogP contribution >= 0.6 is 0 Å². The van der Waals surface area contributed by atoms with Crippen LogP contribution in [0.3, 0.4) is 0 Å². The first-order valence-corrected chi connectivity index (χ1v) is 12.1. The van der Waals surface area contributed by atoms with Gasteiger partial charge >= 0.3 is 0 Å². The van der Waals surface area contributed by atoms with Crippen LogP contribution in [0.25, 0.3) is 0 Å². The number of amides is 2. The van der Waals surface area contributed by atoms with Gasteiger partial charge in [-0.3, -0.25) is 13.9 Å². The molecule has 2 heterocycles. The molecule has 10 heteroatoms. The van der Waals surface area contributed by atoms with E-state index in [0.29, 0.717) is 22.9 Å². The van der Waals surface area contributed by atoms with Crippen molar-refractivity contribution in [1.82, 2.24) is 5.32 Å². The zero-order valence-corrected chi connectivity index (χ0v) is 18.7. The minimum atomic E-state index is -3.55. The highest BCUT2D eigenvalue weighted by molar-refractivity contribution is 7.92. The Bertz CT molecular complexity index is 1260. The lowest BCUT2D eigenvalue weighted by atomic mass is 10.1. The van der Waals surface area contributed by atoms with Gasteiger partial charge in [-0.15, -0.1) is 0 Å². The van der Waals surface area contributed by atoms with Crippen molar-refractivity contribution in [3.8, 4) is 5.75 Å². The van der Waals surface area contributed by atoms with Crippen molar-refractivity contribution in [2.24, 2.45) is 0 Å². The molecule has 0 saturated heterocycles. The maximum atomic E-state index is 13.1. The lowest BCUT2D eigenvalue weighted by molar-refractivity contribution is -0.122. The molecule has 1 atom stereocenters. The Balaban J connectivity index is 1.50. The summed E-state index contributed by atoms with van der Waals surface area (Å²) in [6.07, 6.45) is 1.82. The summed E-state index contributed by atoms with van der Waals surface area (Å²) in [5, 5.41) is 5.50. The maximum absolute atomic E-state index is 13.1. The molecule has 1 aromatic heterocycles. The van der Waals surface area contributed by atoms with Gasteiger partial charge in [0, 0.05) is 13.0 Å². The van der Waals surface area contributed by atoms with Gasteiger partial charge in [0.25, 0.3) is 11.8 Å². The molecule has 33 heavy (non-hydrogen) atoms. The maximum Gasteiger partial charge on any atom is 0.265 e. The Hall–Kier alpha value is -3.79. The minimum Gasteiger partial charge on any atom is -0.478 e. The zero-order chi connectivity index (χ0) is 23.4. The van der Waals surface area contributed by atoms with E-state index in [0.717, 1.165) is 6.26 Å². The molecule has 1 unspecified atom stereocenters. The summed E-state index contributed by atoms with van der Waals surface area (Å²) in [5.74, 6) is 0.0417. The number of nitrogens with zero attached hydrogens (tertiary/aromatic N) is 1. The fourth-order valence-corrected chi connectivity index (χ4v) is 4.48. The van der Waals surface area contributed by atoms with E-state index < -0.39 is 22.0 Å². The van der Waals surface area contributed by atoms with Crippen molar-refractivity contribution in [2.45, 2.75) is 19.1 Å². The lowest BCUT2D eigenvalue weighted by Gasteiger charge is -2.20. The highest BCUT2D eigenvalue weighted by Crippen LogP contribution is 2.34. The number of para-hydroxylation sites is 3. The Kier molecular flexibility index (Phi) is 6.36. The molecule has 0 spiro atoms. The molecule has 2 aromatic carbocycles. The van der Waals surface area contributed by atoms with Gasteiger partial charge in [-0.05, 0) is 36.4 Å². The van der Waals surface area contributed by atoms with E-state index in [1.807, 2.05) is 0 Å². The summed E-state index contributed by atoms with van der Waals surface area (Å²) in [6, 6.07) is 16.8. The van der Waals surface area contributed by atoms with E-state index >= 15 is 0 Å². The summed E-state index contributed by atoms with van der Waals surface area (Å²) >= 11 is 0. The molecular weight excluding hydrogens is 446 g/mol. The molecule has 0 aliphatic carbocycles. The van der Waals surface area contributed by atoms with Gasteiger partial charge in [-0.2, -0.15) is 0 Å². The third-order valence-corrected chi connectivity index (χ3v) is 6.30. The molecule has 2 N–H and O–H groups in total. The predicted molar refractivity (Wildman–Crippen MR) is 123 cm³/mol. The average Bonchev–Trinajstić information content (AvgIpc) is 3.22. The SMILES string of the molecule is CS(=O)(=O)N1CCC(C(=O)Nc2ccccc2C(=O)NCc2ccco2)Oc2ccccc21. The second-order valence-electron chi connectivity index (χ2n) is 7.49. The third-order valence-electron chi connectivity index (χ3n) is 5.12. The monoisotopic (exact) mass is 469 g/mol. The van der Waals surface area contributed by atoms with Crippen LogP contribution in [0.1, 0.15) is 22.5 Å². The van der Waals surface area contributed by atoms with Gasteiger partial charge in [0.1, 0.15) is 11.5 Å². The molecular formula is C23H23N3O6S. The fraction of sp³-hybridized carbons (Fsp3) is 0.217. The Morgan fingerprint density at radius 1 is 1.06 bits per heavy atom. The molecule has 1 aliphatic heterocycles. The van der Waals surface area contributed by atoms with Crippen LogP contribution in [0.4, 0.5) is 11.4 Å². The van der Waals surface area contributed by atoms with Gasteiger partial charge in [0.15, 0.2) is 6.10 Å². The van der Waals surface area contributed by atoms with Crippen molar-refractivity contribution >= 4 is 33.2 Å². The molecule has 1 aliphatic rings. The van der Waals surface area contributed by atoms with Gasteiger partial charge in [-0.1, -0.05) is 24.3 Å². The molecule has 2 amide bonds. The van der Waals surface area contributed by atoms with Crippen molar-refractivity contribution in [3.63, 3.8) is 0 Å². The molecule has 172 valence electrons. The number of carbonyl (C=O) groups is 2. The minimum absolute atomic E-state index is 0.0826. The number of hydrogen-bond donors (Lipinski definition) is 2. The first-order chi connectivity index (χ1) is 15.8. The Labute approximate surface area is 191 Å². The first kappa shape index (κ1) is 22.4. The number of furan rings is 1. The van der Waals surface area contributed by atoms with Crippen LogP contribution in [-0.2, 0) is 21.4 Å². The van der Waals surface area contributed by atoms with E-state index in [2.05, 4.69) is 10.6 Å². The quantitative estimate of drug-likeness (QED) is 0.573. The number of benzene rings is 2. The van der Waals surface area contributed by atoms with Gasteiger partial charge < -0.3 is 19.8 Å². The number of hydrogen-bond acceptors (Lipinski definition) is 6. The van der Waals surface area contributed by atoms with Crippen molar-refractivity contribution in [3.05, 3.63) is 78.3 Å². The van der Waals surface area contributed by atoms with E-state index in [4.69, 9.17) is 9.15 Å². The van der Waals surface area contributed by atoms with Crippen LogP contribution in [-0.4, -0.2) is 39.1 Å². The molecule has 0 radical (unpaired) electrons.